The Morgan fingerprint density at radius 2 is 1.31 bits per heavy atom. The van der Waals surface area contributed by atoms with E-state index in [0.717, 1.165) is 0 Å². The first kappa shape index (κ1) is 21.0. The number of ether oxygens (including phenoxy) is 1. The minimum absolute atomic E-state index is 0.0386. The van der Waals surface area contributed by atoms with Crippen LogP contribution in [0.1, 0.15) is 20.7 Å². The van der Waals surface area contributed by atoms with E-state index in [1.54, 1.807) is 21.9 Å². The highest BCUT2D eigenvalue weighted by atomic mass is 32.2. The highest BCUT2D eigenvalue weighted by Gasteiger charge is 2.25. The van der Waals surface area contributed by atoms with Gasteiger partial charge in [-0.15, -0.1) is 0 Å². The summed E-state index contributed by atoms with van der Waals surface area (Å²) < 4.78 is 29.2. The molecule has 0 atom stereocenters. The normalized spacial score (nSPS) is 14.7. The molecule has 0 unspecified atom stereocenters. The summed E-state index contributed by atoms with van der Waals surface area (Å²) in [5, 5.41) is 0. The monoisotopic (exact) mass is 416 g/mol. The maximum atomic E-state index is 12.7. The van der Waals surface area contributed by atoms with Gasteiger partial charge in [0, 0.05) is 44.4 Å². The van der Waals surface area contributed by atoms with E-state index in [2.05, 4.69) is 0 Å². The smallest absolute Gasteiger partial charge is 0.253 e. The summed E-state index contributed by atoms with van der Waals surface area (Å²) in [6.45, 7) is 1.91. The van der Waals surface area contributed by atoms with Crippen molar-refractivity contribution in [1.82, 2.24) is 9.80 Å². The third-order valence-electron chi connectivity index (χ3n) is 4.89. The van der Waals surface area contributed by atoms with E-state index in [1.165, 1.54) is 31.4 Å². The number of rotatable bonds is 6. The van der Waals surface area contributed by atoms with Gasteiger partial charge in [-0.25, -0.2) is 8.42 Å². The van der Waals surface area contributed by atoms with Gasteiger partial charge in [0.05, 0.1) is 17.3 Å². The van der Waals surface area contributed by atoms with E-state index in [0.29, 0.717) is 37.3 Å². The molecule has 1 aliphatic rings. The van der Waals surface area contributed by atoms with Crippen LogP contribution in [0.25, 0.3) is 0 Å². The van der Waals surface area contributed by atoms with Gasteiger partial charge in [-0.05, 0) is 36.4 Å². The molecule has 1 fully saturated rings. The Morgan fingerprint density at radius 1 is 0.828 bits per heavy atom. The van der Waals surface area contributed by atoms with Crippen LogP contribution in [0.3, 0.4) is 0 Å². The zero-order valence-corrected chi connectivity index (χ0v) is 17.1. The van der Waals surface area contributed by atoms with Crippen LogP contribution in [0.15, 0.2) is 59.5 Å². The van der Waals surface area contributed by atoms with Crippen molar-refractivity contribution in [3.05, 3.63) is 65.7 Å². The molecule has 0 N–H and O–H groups in total. The fraction of sp³-hybridized carbons (Fsp3) is 0.333. The van der Waals surface area contributed by atoms with Crippen LogP contribution in [-0.2, 0) is 14.6 Å². The first-order chi connectivity index (χ1) is 13.9. The van der Waals surface area contributed by atoms with Crippen molar-refractivity contribution < 1.29 is 22.7 Å². The maximum Gasteiger partial charge on any atom is 0.253 e. The van der Waals surface area contributed by atoms with Crippen molar-refractivity contribution in [3.63, 3.8) is 0 Å². The fourth-order valence-corrected chi connectivity index (χ4v) is 4.35. The highest BCUT2D eigenvalue weighted by molar-refractivity contribution is 7.91. The number of benzene rings is 2. The Hall–Kier alpha value is -2.71. The third kappa shape index (κ3) is 5.02. The van der Waals surface area contributed by atoms with Crippen LogP contribution in [0.5, 0.6) is 0 Å². The largest absolute Gasteiger partial charge is 0.384 e. The number of carbonyl (C=O) groups excluding carboxylic acids is 2. The van der Waals surface area contributed by atoms with E-state index >= 15 is 0 Å². The summed E-state index contributed by atoms with van der Waals surface area (Å²) in [5.74, 6) is -0.310. The minimum Gasteiger partial charge on any atom is -0.384 e. The van der Waals surface area contributed by atoms with E-state index < -0.39 is 9.84 Å². The Morgan fingerprint density at radius 3 is 1.79 bits per heavy atom. The standard InChI is InChI=1S/C21H24N2O5S/c1-28-15-16-29(26,27)19-9-7-18(8-10-19)21(25)23-13-11-22(12-14-23)20(24)17-5-3-2-4-6-17/h2-10H,11-16H2,1H3. The maximum absolute atomic E-state index is 12.7. The van der Waals surface area contributed by atoms with Gasteiger partial charge in [0.1, 0.15) is 0 Å². The van der Waals surface area contributed by atoms with Gasteiger partial charge in [0.25, 0.3) is 11.8 Å². The average molecular weight is 416 g/mol. The molecule has 7 nitrogen and oxygen atoms in total. The molecule has 1 aliphatic heterocycles. The van der Waals surface area contributed by atoms with Gasteiger partial charge in [-0.3, -0.25) is 9.59 Å². The van der Waals surface area contributed by atoms with Crippen molar-refractivity contribution in [2.45, 2.75) is 4.90 Å². The van der Waals surface area contributed by atoms with E-state index in [1.807, 2.05) is 18.2 Å². The number of piperazine rings is 1. The summed E-state index contributed by atoms with van der Waals surface area (Å²) in [6, 6.07) is 15.0. The Balaban J connectivity index is 1.60. The van der Waals surface area contributed by atoms with Crippen LogP contribution >= 0.6 is 0 Å². The third-order valence-corrected chi connectivity index (χ3v) is 6.59. The first-order valence-electron chi connectivity index (χ1n) is 9.38. The molecule has 3 rings (SSSR count). The molecule has 0 aliphatic carbocycles. The zero-order valence-electron chi connectivity index (χ0n) is 16.3. The lowest BCUT2D eigenvalue weighted by molar-refractivity contribution is 0.0535. The zero-order chi connectivity index (χ0) is 20.9. The Labute approximate surface area is 170 Å². The average Bonchev–Trinajstić information content (AvgIpc) is 2.77. The molecule has 0 aromatic heterocycles. The SMILES string of the molecule is COCCS(=O)(=O)c1ccc(C(=O)N2CCN(C(=O)c3ccccc3)CC2)cc1. The molecule has 2 amide bonds. The lowest BCUT2D eigenvalue weighted by Crippen LogP contribution is -2.50. The van der Waals surface area contributed by atoms with Gasteiger partial charge in [0.15, 0.2) is 9.84 Å². The highest BCUT2D eigenvalue weighted by Crippen LogP contribution is 2.16. The van der Waals surface area contributed by atoms with Crippen LogP contribution in [0, 0.1) is 0 Å². The molecular weight excluding hydrogens is 392 g/mol. The molecule has 154 valence electrons. The molecule has 2 aromatic rings. The van der Waals surface area contributed by atoms with Gasteiger partial charge >= 0.3 is 0 Å². The van der Waals surface area contributed by atoms with Gasteiger partial charge in [-0.2, -0.15) is 0 Å². The first-order valence-corrected chi connectivity index (χ1v) is 11.0. The van der Waals surface area contributed by atoms with Gasteiger partial charge in [-0.1, -0.05) is 18.2 Å². The summed E-state index contributed by atoms with van der Waals surface area (Å²) in [4.78, 5) is 28.8. The minimum atomic E-state index is -3.43. The Bertz CT molecular complexity index is 950. The number of sulfone groups is 1. The number of nitrogens with zero attached hydrogens (tertiary/aromatic N) is 2. The van der Waals surface area contributed by atoms with Crippen molar-refractivity contribution in [2.24, 2.45) is 0 Å². The molecule has 8 heteroatoms. The second-order valence-corrected chi connectivity index (χ2v) is 8.90. The van der Waals surface area contributed by atoms with Gasteiger partial charge in [0.2, 0.25) is 0 Å². The quantitative estimate of drug-likeness (QED) is 0.716. The number of methoxy groups -OCH3 is 1. The second-order valence-electron chi connectivity index (χ2n) is 6.79. The predicted octanol–water partition coefficient (Wildman–Crippen LogP) is 1.70. The number of hydrogen-bond donors (Lipinski definition) is 0. The predicted molar refractivity (Wildman–Crippen MR) is 109 cm³/mol. The summed E-state index contributed by atoms with van der Waals surface area (Å²) in [7, 11) is -1.98. The molecule has 0 spiro atoms. The van der Waals surface area contributed by atoms with Crippen molar-refractivity contribution in [2.75, 3.05) is 45.6 Å². The fourth-order valence-electron chi connectivity index (χ4n) is 3.17. The van der Waals surface area contributed by atoms with Crippen LogP contribution in [-0.4, -0.2) is 75.7 Å². The molecule has 0 saturated carbocycles. The molecular formula is C21H24N2O5S. The van der Waals surface area contributed by atoms with E-state index in [9.17, 15) is 18.0 Å². The molecule has 2 aromatic carbocycles. The van der Waals surface area contributed by atoms with Crippen molar-refractivity contribution in [1.29, 1.82) is 0 Å². The molecule has 0 radical (unpaired) electrons. The van der Waals surface area contributed by atoms with Crippen molar-refractivity contribution in [3.8, 4) is 0 Å². The van der Waals surface area contributed by atoms with E-state index in [4.69, 9.17) is 4.74 Å². The van der Waals surface area contributed by atoms with Crippen molar-refractivity contribution >= 4 is 21.7 Å². The second kappa shape index (κ2) is 9.19. The number of hydrogen-bond acceptors (Lipinski definition) is 5. The topological polar surface area (TPSA) is 84.0 Å². The van der Waals surface area contributed by atoms with E-state index in [-0.39, 0.29) is 29.1 Å². The molecule has 1 saturated heterocycles. The Kier molecular flexibility index (Phi) is 6.66. The number of amides is 2. The summed E-state index contributed by atoms with van der Waals surface area (Å²) in [5.41, 5.74) is 1.07. The van der Waals surface area contributed by atoms with Crippen LogP contribution in [0.4, 0.5) is 0 Å². The lowest BCUT2D eigenvalue weighted by atomic mass is 10.1. The van der Waals surface area contributed by atoms with Crippen LogP contribution < -0.4 is 0 Å². The van der Waals surface area contributed by atoms with Crippen LogP contribution in [0.2, 0.25) is 0 Å². The lowest BCUT2D eigenvalue weighted by Gasteiger charge is -2.35. The summed E-state index contributed by atoms with van der Waals surface area (Å²) >= 11 is 0. The van der Waals surface area contributed by atoms with Gasteiger partial charge < -0.3 is 14.5 Å². The molecule has 0 bridgehead atoms. The summed E-state index contributed by atoms with van der Waals surface area (Å²) in [6.07, 6.45) is 0. The molecule has 1 heterocycles. The number of carbonyl (C=O) groups is 2. The molecule has 29 heavy (non-hydrogen) atoms.